The molecule has 0 aliphatic carbocycles. The highest BCUT2D eigenvalue weighted by Crippen LogP contribution is 2.31. The molecule has 0 spiro atoms. The molecule has 0 bridgehead atoms. The summed E-state index contributed by atoms with van der Waals surface area (Å²) in [7, 11) is 3.28. The Morgan fingerprint density at radius 1 is 0.931 bits per heavy atom. The zero-order valence-corrected chi connectivity index (χ0v) is 17.6. The number of hydrogen-bond acceptors (Lipinski definition) is 6. The highest BCUT2D eigenvalue weighted by Gasteiger charge is 2.19. The van der Waals surface area contributed by atoms with Gasteiger partial charge in [0.2, 0.25) is 0 Å². The maximum Gasteiger partial charge on any atom is 0.159 e. The number of hydrogen-bond donors (Lipinski definition) is 0. The van der Waals surface area contributed by atoms with E-state index in [-0.39, 0.29) is 0 Å². The standard InChI is InChI=1S/C23H28N4O2/c1-16(2)26-9-11-27(12-10-26)18-7-5-17(6-8-18)23-24-15-20-21(25-23)13-19(28-3)14-22(20)29-4/h5-8,13-16H,9-12H2,1-4H3. The molecule has 1 aliphatic heterocycles. The van der Waals surface area contributed by atoms with E-state index in [0.717, 1.165) is 48.4 Å². The third kappa shape index (κ3) is 3.98. The van der Waals surface area contributed by atoms with Crippen LogP contribution in [0.3, 0.4) is 0 Å². The van der Waals surface area contributed by atoms with Crippen LogP contribution in [0.4, 0.5) is 5.69 Å². The first kappa shape index (κ1) is 19.5. The van der Waals surface area contributed by atoms with Crippen molar-refractivity contribution < 1.29 is 9.47 Å². The summed E-state index contributed by atoms with van der Waals surface area (Å²) in [5.74, 6) is 2.13. The molecule has 2 heterocycles. The molecule has 0 amide bonds. The summed E-state index contributed by atoms with van der Waals surface area (Å²) in [6.07, 6.45) is 1.81. The van der Waals surface area contributed by atoms with Crippen molar-refractivity contribution in [3.63, 3.8) is 0 Å². The van der Waals surface area contributed by atoms with Gasteiger partial charge in [-0.1, -0.05) is 0 Å². The highest BCUT2D eigenvalue weighted by molar-refractivity contribution is 5.87. The molecule has 1 fully saturated rings. The van der Waals surface area contributed by atoms with Gasteiger partial charge in [0.05, 0.1) is 25.1 Å². The Morgan fingerprint density at radius 3 is 2.28 bits per heavy atom. The third-order valence-electron chi connectivity index (χ3n) is 5.63. The first-order chi connectivity index (χ1) is 14.1. The molecule has 0 N–H and O–H groups in total. The molecule has 29 heavy (non-hydrogen) atoms. The van der Waals surface area contributed by atoms with Crippen LogP contribution < -0.4 is 14.4 Å². The topological polar surface area (TPSA) is 50.7 Å². The molecule has 0 radical (unpaired) electrons. The van der Waals surface area contributed by atoms with Gasteiger partial charge in [-0.25, -0.2) is 9.97 Å². The summed E-state index contributed by atoms with van der Waals surface area (Å²) in [6, 6.07) is 12.9. The highest BCUT2D eigenvalue weighted by atomic mass is 16.5. The number of methoxy groups -OCH3 is 2. The van der Waals surface area contributed by atoms with Crippen molar-refractivity contribution >= 4 is 16.6 Å². The molecule has 0 unspecified atom stereocenters. The average molecular weight is 393 g/mol. The second-order valence-corrected chi connectivity index (χ2v) is 7.62. The van der Waals surface area contributed by atoms with E-state index in [2.05, 4.69) is 52.9 Å². The number of nitrogens with zero attached hydrogens (tertiary/aromatic N) is 4. The molecule has 1 aliphatic rings. The molecule has 0 saturated carbocycles. The fraction of sp³-hybridized carbons (Fsp3) is 0.391. The van der Waals surface area contributed by atoms with E-state index in [1.54, 1.807) is 14.2 Å². The van der Waals surface area contributed by atoms with Crippen molar-refractivity contribution in [1.82, 2.24) is 14.9 Å². The van der Waals surface area contributed by atoms with Crippen molar-refractivity contribution in [1.29, 1.82) is 0 Å². The Labute approximate surface area is 172 Å². The van der Waals surface area contributed by atoms with E-state index >= 15 is 0 Å². The summed E-state index contributed by atoms with van der Waals surface area (Å²) < 4.78 is 10.8. The lowest BCUT2D eigenvalue weighted by Gasteiger charge is -2.38. The minimum Gasteiger partial charge on any atom is -0.497 e. The summed E-state index contributed by atoms with van der Waals surface area (Å²) in [5.41, 5.74) is 3.06. The molecule has 152 valence electrons. The first-order valence-corrected chi connectivity index (χ1v) is 10.1. The van der Waals surface area contributed by atoms with Crippen LogP contribution in [0.1, 0.15) is 13.8 Å². The van der Waals surface area contributed by atoms with Crippen LogP contribution in [0.25, 0.3) is 22.3 Å². The first-order valence-electron chi connectivity index (χ1n) is 10.1. The molecular formula is C23H28N4O2. The molecule has 4 rings (SSSR count). The number of rotatable bonds is 5. The molecular weight excluding hydrogens is 364 g/mol. The van der Waals surface area contributed by atoms with Crippen LogP contribution in [-0.4, -0.2) is 61.3 Å². The maximum atomic E-state index is 5.45. The number of ether oxygens (including phenoxy) is 2. The zero-order valence-electron chi connectivity index (χ0n) is 17.6. The Balaban J connectivity index is 1.57. The minimum atomic E-state index is 0.613. The SMILES string of the molecule is COc1cc(OC)c2cnc(-c3ccc(N4CCN(C(C)C)CC4)cc3)nc2c1. The lowest BCUT2D eigenvalue weighted by molar-refractivity contribution is 0.209. The fourth-order valence-electron chi connectivity index (χ4n) is 3.82. The summed E-state index contributed by atoms with van der Waals surface area (Å²) >= 11 is 0. The average Bonchev–Trinajstić information content (AvgIpc) is 2.78. The smallest absolute Gasteiger partial charge is 0.159 e. The van der Waals surface area contributed by atoms with Gasteiger partial charge in [0.1, 0.15) is 11.5 Å². The van der Waals surface area contributed by atoms with Gasteiger partial charge in [-0.05, 0) is 38.1 Å². The van der Waals surface area contributed by atoms with Gasteiger partial charge in [-0.15, -0.1) is 0 Å². The van der Waals surface area contributed by atoms with Gasteiger partial charge in [-0.3, -0.25) is 4.90 Å². The van der Waals surface area contributed by atoms with Crippen molar-refractivity contribution in [3.05, 3.63) is 42.6 Å². The third-order valence-corrected chi connectivity index (χ3v) is 5.63. The number of piperazine rings is 1. The molecule has 6 nitrogen and oxygen atoms in total. The van der Waals surface area contributed by atoms with E-state index in [0.29, 0.717) is 17.6 Å². The van der Waals surface area contributed by atoms with Crippen LogP contribution >= 0.6 is 0 Å². The lowest BCUT2D eigenvalue weighted by atomic mass is 10.1. The van der Waals surface area contributed by atoms with E-state index < -0.39 is 0 Å². The van der Waals surface area contributed by atoms with E-state index in [1.165, 1.54) is 5.69 Å². The van der Waals surface area contributed by atoms with Crippen LogP contribution in [0, 0.1) is 0 Å². The number of anilines is 1. The van der Waals surface area contributed by atoms with Crippen molar-refractivity contribution in [3.8, 4) is 22.9 Å². The van der Waals surface area contributed by atoms with Crippen LogP contribution in [0.5, 0.6) is 11.5 Å². The predicted octanol–water partition coefficient (Wildman–Crippen LogP) is 3.84. The monoisotopic (exact) mass is 392 g/mol. The quantitative estimate of drug-likeness (QED) is 0.658. The molecule has 6 heteroatoms. The van der Waals surface area contributed by atoms with Gasteiger partial charge in [0.25, 0.3) is 0 Å². The van der Waals surface area contributed by atoms with Crippen LogP contribution in [-0.2, 0) is 0 Å². The molecule has 0 atom stereocenters. The zero-order chi connectivity index (χ0) is 20.4. The second-order valence-electron chi connectivity index (χ2n) is 7.62. The minimum absolute atomic E-state index is 0.613. The van der Waals surface area contributed by atoms with Crippen molar-refractivity contribution in [2.24, 2.45) is 0 Å². The number of fused-ring (bicyclic) bond motifs is 1. The Hall–Kier alpha value is -2.86. The summed E-state index contributed by atoms with van der Waals surface area (Å²) in [5, 5.41) is 0.872. The Bertz CT molecular complexity index is 980. The normalized spacial score (nSPS) is 15.1. The van der Waals surface area contributed by atoms with Gasteiger partial charge < -0.3 is 14.4 Å². The van der Waals surface area contributed by atoms with E-state index in [9.17, 15) is 0 Å². The van der Waals surface area contributed by atoms with Gasteiger partial charge in [0, 0.05) is 61.8 Å². The Morgan fingerprint density at radius 2 is 1.66 bits per heavy atom. The Kier molecular flexibility index (Phi) is 5.53. The predicted molar refractivity (Wildman–Crippen MR) is 117 cm³/mol. The molecule has 1 aromatic heterocycles. The van der Waals surface area contributed by atoms with Crippen LogP contribution in [0.2, 0.25) is 0 Å². The second kappa shape index (κ2) is 8.25. The molecule has 3 aromatic rings. The summed E-state index contributed by atoms with van der Waals surface area (Å²) in [4.78, 5) is 14.3. The van der Waals surface area contributed by atoms with Gasteiger partial charge >= 0.3 is 0 Å². The number of aromatic nitrogens is 2. The summed E-state index contributed by atoms with van der Waals surface area (Å²) in [6.45, 7) is 8.86. The maximum absolute atomic E-state index is 5.45. The van der Waals surface area contributed by atoms with Crippen molar-refractivity contribution in [2.75, 3.05) is 45.3 Å². The van der Waals surface area contributed by atoms with E-state index in [1.807, 2.05) is 18.3 Å². The van der Waals surface area contributed by atoms with Crippen molar-refractivity contribution in [2.45, 2.75) is 19.9 Å². The molecule has 2 aromatic carbocycles. The number of benzene rings is 2. The largest absolute Gasteiger partial charge is 0.497 e. The molecule has 1 saturated heterocycles. The van der Waals surface area contributed by atoms with E-state index in [4.69, 9.17) is 14.5 Å². The van der Waals surface area contributed by atoms with Gasteiger partial charge in [-0.2, -0.15) is 0 Å². The fourth-order valence-corrected chi connectivity index (χ4v) is 3.82. The van der Waals surface area contributed by atoms with Gasteiger partial charge in [0.15, 0.2) is 5.82 Å². The lowest BCUT2D eigenvalue weighted by Crippen LogP contribution is -2.48. The van der Waals surface area contributed by atoms with Crippen LogP contribution in [0.15, 0.2) is 42.6 Å².